The molecule has 3 heteroatoms. The second kappa shape index (κ2) is 5.21. The summed E-state index contributed by atoms with van der Waals surface area (Å²) in [6.45, 7) is 5.96. The molecule has 0 bridgehead atoms. The van der Waals surface area contributed by atoms with E-state index in [1.807, 2.05) is 36.1 Å². The molecule has 1 aromatic rings. The number of amides is 2. The zero-order valence-electron chi connectivity index (χ0n) is 10.6. The Labute approximate surface area is 103 Å². The van der Waals surface area contributed by atoms with Crippen molar-refractivity contribution in [2.75, 3.05) is 18.4 Å². The number of hydrogen-bond acceptors (Lipinski definition) is 1. The van der Waals surface area contributed by atoms with Crippen molar-refractivity contribution >= 4 is 11.7 Å². The number of rotatable bonds is 1. The van der Waals surface area contributed by atoms with Crippen molar-refractivity contribution in [2.24, 2.45) is 5.92 Å². The van der Waals surface area contributed by atoms with Crippen molar-refractivity contribution in [1.29, 1.82) is 0 Å². The zero-order chi connectivity index (χ0) is 12.3. The first kappa shape index (κ1) is 12.0. The molecule has 92 valence electrons. The number of hydrogen-bond donors (Lipinski definition) is 1. The number of likely N-dealkylation sites (tertiary alicyclic amines) is 1. The van der Waals surface area contributed by atoms with Crippen molar-refractivity contribution in [2.45, 2.75) is 26.7 Å². The highest BCUT2D eigenvalue weighted by Crippen LogP contribution is 2.18. The number of nitrogens with one attached hydrogen (secondary N) is 1. The highest BCUT2D eigenvalue weighted by Gasteiger charge is 2.20. The standard InChI is InChI=1S/C14H20N2O/c1-11-6-5-9-16(10-11)14(17)15-13-8-4-3-7-12(13)2/h3-4,7-8,11H,5-6,9-10H2,1-2H3,(H,15,17)/t11-/m1/s1. The number of piperidine rings is 1. The Morgan fingerprint density at radius 3 is 2.88 bits per heavy atom. The predicted molar refractivity (Wildman–Crippen MR) is 70.2 cm³/mol. The minimum atomic E-state index is 0.0332. The van der Waals surface area contributed by atoms with Crippen molar-refractivity contribution in [3.05, 3.63) is 29.8 Å². The summed E-state index contributed by atoms with van der Waals surface area (Å²) in [6, 6.07) is 7.91. The Bertz CT molecular complexity index is 403. The topological polar surface area (TPSA) is 32.3 Å². The molecule has 1 aliphatic heterocycles. The summed E-state index contributed by atoms with van der Waals surface area (Å²) in [4.78, 5) is 14.0. The molecule has 2 rings (SSSR count). The molecule has 0 radical (unpaired) electrons. The fourth-order valence-corrected chi connectivity index (χ4v) is 2.28. The average Bonchev–Trinajstić information content (AvgIpc) is 2.32. The molecule has 3 nitrogen and oxygen atoms in total. The van der Waals surface area contributed by atoms with E-state index in [0.29, 0.717) is 5.92 Å². The van der Waals surface area contributed by atoms with Crippen molar-refractivity contribution in [3.63, 3.8) is 0 Å². The predicted octanol–water partition coefficient (Wildman–Crippen LogP) is 3.26. The van der Waals surface area contributed by atoms with Gasteiger partial charge in [0.25, 0.3) is 0 Å². The van der Waals surface area contributed by atoms with Gasteiger partial charge in [0.2, 0.25) is 0 Å². The number of para-hydroxylation sites is 1. The van der Waals surface area contributed by atoms with E-state index in [-0.39, 0.29) is 6.03 Å². The van der Waals surface area contributed by atoms with Gasteiger partial charge in [0.1, 0.15) is 0 Å². The van der Waals surface area contributed by atoms with Gasteiger partial charge in [-0.2, -0.15) is 0 Å². The smallest absolute Gasteiger partial charge is 0.321 e. The molecule has 0 aromatic heterocycles. The molecule has 1 aromatic carbocycles. The molecule has 1 fully saturated rings. The minimum Gasteiger partial charge on any atom is -0.324 e. The first-order valence-corrected chi connectivity index (χ1v) is 6.28. The fourth-order valence-electron chi connectivity index (χ4n) is 2.28. The second-order valence-electron chi connectivity index (χ2n) is 4.94. The molecule has 1 N–H and O–H groups in total. The zero-order valence-corrected chi connectivity index (χ0v) is 10.6. The Hall–Kier alpha value is -1.51. The highest BCUT2D eigenvalue weighted by atomic mass is 16.2. The van der Waals surface area contributed by atoms with E-state index in [1.54, 1.807) is 0 Å². The van der Waals surface area contributed by atoms with Crippen molar-refractivity contribution in [1.82, 2.24) is 4.90 Å². The van der Waals surface area contributed by atoms with Gasteiger partial charge in [0, 0.05) is 18.8 Å². The van der Waals surface area contributed by atoms with E-state index in [9.17, 15) is 4.79 Å². The van der Waals surface area contributed by atoms with E-state index in [0.717, 1.165) is 30.8 Å². The number of anilines is 1. The van der Waals surface area contributed by atoms with Crippen LogP contribution in [0.3, 0.4) is 0 Å². The molecule has 17 heavy (non-hydrogen) atoms. The van der Waals surface area contributed by atoms with E-state index in [4.69, 9.17) is 0 Å². The van der Waals surface area contributed by atoms with Gasteiger partial charge in [0.15, 0.2) is 0 Å². The van der Waals surface area contributed by atoms with Gasteiger partial charge in [-0.3, -0.25) is 0 Å². The van der Waals surface area contributed by atoms with Crippen LogP contribution in [-0.4, -0.2) is 24.0 Å². The summed E-state index contributed by atoms with van der Waals surface area (Å²) in [6.07, 6.45) is 2.34. The Morgan fingerprint density at radius 2 is 2.18 bits per heavy atom. The number of carbonyl (C=O) groups is 1. The number of aryl methyl sites for hydroxylation is 1. The van der Waals surface area contributed by atoms with Gasteiger partial charge in [0.05, 0.1) is 0 Å². The molecular weight excluding hydrogens is 212 g/mol. The van der Waals surface area contributed by atoms with Gasteiger partial charge in [-0.1, -0.05) is 25.1 Å². The SMILES string of the molecule is Cc1ccccc1NC(=O)N1CCC[C@@H](C)C1. The first-order valence-electron chi connectivity index (χ1n) is 6.28. The summed E-state index contributed by atoms with van der Waals surface area (Å²) < 4.78 is 0. The molecule has 1 heterocycles. The highest BCUT2D eigenvalue weighted by molar-refractivity contribution is 5.90. The van der Waals surface area contributed by atoms with Crippen LogP contribution in [0.25, 0.3) is 0 Å². The number of benzene rings is 1. The Balaban J connectivity index is 1.99. The van der Waals surface area contributed by atoms with Crippen LogP contribution in [0.2, 0.25) is 0 Å². The van der Waals surface area contributed by atoms with Gasteiger partial charge in [-0.25, -0.2) is 4.79 Å². The Kier molecular flexibility index (Phi) is 3.67. The van der Waals surface area contributed by atoms with Gasteiger partial charge >= 0.3 is 6.03 Å². The monoisotopic (exact) mass is 232 g/mol. The van der Waals surface area contributed by atoms with E-state index in [1.165, 1.54) is 6.42 Å². The van der Waals surface area contributed by atoms with Gasteiger partial charge in [-0.05, 0) is 37.3 Å². The van der Waals surface area contributed by atoms with Crippen LogP contribution in [0.1, 0.15) is 25.3 Å². The lowest BCUT2D eigenvalue weighted by atomic mass is 10.0. The molecule has 0 spiro atoms. The number of nitrogens with zero attached hydrogens (tertiary/aromatic N) is 1. The van der Waals surface area contributed by atoms with Crippen LogP contribution in [0, 0.1) is 12.8 Å². The van der Waals surface area contributed by atoms with Crippen molar-refractivity contribution in [3.8, 4) is 0 Å². The van der Waals surface area contributed by atoms with E-state index < -0.39 is 0 Å². The number of urea groups is 1. The normalized spacial score (nSPS) is 20.1. The lowest BCUT2D eigenvalue weighted by Gasteiger charge is -2.31. The third-order valence-corrected chi connectivity index (χ3v) is 3.33. The molecule has 0 aliphatic carbocycles. The first-order chi connectivity index (χ1) is 8.16. The third kappa shape index (κ3) is 2.99. The van der Waals surface area contributed by atoms with Crippen LogP contribution in [0.5, 0.6) is 0 Å². The van der Waals surface area contributed by atoms with Gasteiger partial charge in [-0.15, -0.1) is 0 Å². The molecule has 0 unspecified atom stereocenters. The third-order valence-electron chi connectivity index (χ3n) is 3.33. The summed E-state index contributed by atoms with van der Waals surface area (Å²) >= 11 is 0. The molecule has 1 aliphatic rings. The summed E-state index contributed by atoms with van der Waals surface area (Å²) in [7, 11) is 0. The van der Waals surface area contributed by atoms with E-state index in [2.05, 4.69) is 12.2 Å². The summed E-state index contributed by atoms with van der Waals surface area (Å²) in [5, 5.41) is 2.99. The molecule has 1 saturated heterocycles. The number of carbonyl (C=O) groups excluding carboxylic acids is 1. The fraction of sp³-hybridized carbons (Fsp3) is 0.500. The maximum Gasteiger partial charge on any atom is 0.321 e. The summed E-state index contributed by atoms with van der Waals surface area (Å²) in [5.41, 5.74) is 2.02. The Morgan fingerprint density at radius 1 is 1.41 bits per heavy atom. The maximum absolute atomic E-state index is 12.1. The van der Waals surface area contributed by atoms with E-state index >= 15 is 0 Å². The van der Waals surface area contributed by atoms with Crippen molar-refractivity contribution < 1.29 is 4.79 Å². The van der Waals surface area contributed by atoms with Crippen LogP contribution < -0.4 is 5.32 Å². The molecular formula is C14H20N2O. The largest absolute Gasteiger partial charge is 0.324 e. The lowest BCUT2D eigenvalue weighted by molar-refractivity contribution is 0.182. The maximum atomic E-state index is 12.1. The summed E-state index contributed by atoms with van der Waals surface area (Å²) in [5.74, 6) is 0.617. The molecule has 1 atom stereocenters. The van der Waals surface area contributed by atoms with Gasteiger partial charge < -0.3 is 10.2 Å². The minimum absolute atomic E-state index is 0.0332. The average molecular weight is 232 g/mol. The van der Waals surface area contributed by atoms with Crippen LogP contribution >= 0.6 is 0 Å². The second-order valence-corrected chi connectivity index (χ2v) is 4.94. The van der Waals surface area contributed by atoms with Crippen LogP contribution in [0.15, 0.2) is 24.3 Å². The van der Waals surface area contributed by atoms with Crippen LogP contribution in [-0.2, 0) is 0 Å². The molecule has 0 saturated carbocycles. The quantitative estimate of drug-likeness (QED) is 0.792. The lowest BCUT2D eigenvalue weighted by Crippen LogP contribution is -2.41. The molecule has 2 amide bonds. The van der Waals surface area contributed by atoms with Crippen LogP contribution in [0.4, 0.5) is 10.5 Å².